The number of carboxylic acids is 1. The molecule has 0 aliphatic carbocycles. The van der Waals surface area contributed by atoms with Crippen molar-refractivity contribution in [1.82, 2.24) is 0 Å². The molecule has 1 fully saturated rings. The number of aromatic hydroxyl groups is 1. The minimum Gasteiger partial charge on any atom is -0.504 e. The SMILES string of the molecule is COc1ccc(C2=CC(OOC3O[C@H](C(=O)O)[C@@H](OC(C)=O)[C@H](OC(C)=O)[C@H]3OC(C)=O)c3c(cc(O)c(OC)c3OC)O2)cc1. The molecule has 2 aliphatic rings. The van der Waals surface area contributed by atoms with E-state index in [-0.39, 0.29) is 34.3 Å². The number of carboxylic acid groups (broad SMARTS) is 1. The van der Waals surface area contributed by atoms with Gasteiger partial charge in [0.15, 0.2) is 35.9 Å². The fourth-order valence-corrected chi connectivity index (χ4v) is 4.90. The summed E-state index contributed by atoms with van der Waals surface area (Å²) in [5.41, 5.74) is 0.740. The molecule has 0 amide bonds. The molecule has 16 heteroatoms. The Balaban J connectivity index is 1.77. The molecular formula is C30H32O16. The van der Waals surface area contributed by atoms with Crippen LogP contribution in [0.3, 0.4) is 0 Å². The molecule has 46 heavy (non-hydrogen) atoms. The van der Waals surface area contributed by atoms with Crippen LogP contribution in [0, 0.1) is 0 Å². The Hall–Kier alpha value is -5.06. The lowest BCUT2D eigenvalue weighted by atomic mass is 9.98. The third-order valence-electron chi connectivity index (χ3n) is 6.71. The molecule has 2 unspecified atom stereocenters. The number of phenols is 1. The van der Waals surface area contributed by atoms with E-state index in [2.05, 4.69) is 0 Å². The Morgan fingerprint density at radius 1 is 0.761 bits per heavy atom. The third-order valence-corrected chi connectivity index (χ3v) is 6.71. The number of carbonyl (C=O) groups excluding carboxylic acids is 3. The van der Waals surface area contributed by atoms with Gasteiger partial charge in [-0.25, -0.2) is 9.68 Å². The molecular weight excluding hydrogens is 616 g/mol. The molecule has 0 spiro atoms. The predicted octanol–water partition coefficient (Wildman–Crippen LogP) is 2.45. The lowest BCUT2D eigenvalue weighted by Gasteiger charge is -2.42. The van der Waals surface area contributed by atoms with Crippen LogP contribution in [-0.4, -0.2) is 86.1 Å². The van der Waals surface area contributed by atoms with Gasteiger partial charge < -0.3 is 48.1 Å². The highest BCUT2D eigenvalue weighted by Gasteiger charge is 2.55. The number of fused-ring (bicyclic) bond motifs is 1. The molecule has 2 aromatic carbocycles. The molecule has 248 valence electrons. The number of hydrogen-bond donors (Lipinski definition) is 2. The molecule has 0 saturated carbocycles. The van der Waals surface area contributed by atoms with Crippen LogP contribution in [0.25, 0.3) is 5.76 Å². The molecule has 0 bridgehead atoms. The van der Waals surface area contributed by atoms with Crippen molar-refractivity contribution in [3.05, 3.63) is 47.5 Å². The van der Waals surface area contributed by atoms with Gasteiger partial charge in [0.05, 0.1) is 26.9 Å². The normalized spacial score (nSPS) is 23.5. The fourth-order valence-electron chi connectivity index (χ4n) is 4.90. The first kappa shape index (κ1) is 33.8. The van der Waals surface area contributed by atoms with E-state index in [0.717, 1.165) is 20.8 Å². The van der Waals surface area contributed by atoms with Crippen molar-refractivity contribution in [2.24, 2.45) is 0 Å². The number of phenolic OH excluding ortho intramolecular Hbond substituents is 1. The average molecular weight is 649 g/mol. The Morgan fingerprint density at radius 2 is 1.35 bits per heavy atom. The molecule has 16 nitrogen and oxygen atoms in total. The molecule has 0 aromatic heterocycles. The first-order valence-electron chi connectivity index (χ1n) is 13.6. The number of aliphatic carboxylic acids is 1. The summed E-state index contributed by atoms with van der Waals surface area (Å²) in [4.78, 5) is 59.6. The number of rotatable bonds is 11. The zero-order chi connectivity index (χ0) is 33.7. The van der Waals surface area contributed by atoms with E-state index < -0.39 is 60.7 Å². The van der Waals surface area contributed by atoms with Gasteiger partial charge in [-0.1, -0.05) is 0 Å². The molecule has 2 aromatic rings. The zero-order valence-electron chi connectivity index (χ0n) is 25.5. The summed E-state index contributed by atoms with van der Waals surface area (Å²) in [5.74, 6) is -3.81. The van der Waals surface area contributed by atoms with Crippen LogP contribution >= 0.6 is 0 Å². The number of hydrogen-bond acceptors (Lipinski definition) is 15. The van der Waals surface area contributed by atoms with Crippen LogP contribution in [-0.2, 0) is 47.9 Å². The first-order valence-corrected chi connectivity index (χ1v) is 13.6. The highest BCUT2D eigenvalue weighted by atomic mass is 17.2. The van der Waals surface area contributed by atoms with E-state index in [1.54, 1.807) is 24.3 Å². The smallest absolute Gasteiger partial charge is 0.337 e. The Bertz CT molecular complexity index is 1500. The van der Waals surface area contributed by atoms with Crippen LogP contribution in [0.1, 0.15) is 38.0 Å². The summed E-state index contributed by atoms with van der Waals surface area (Å²) < 4.78 is 43.4. The molecule has 0 radical (unpaired) electrons. The van der Waals surface area contributed by atoms with Crippen molar-refractivity contribution in [1.29, 1.82) is 0 Å². The van der Waals surface area contributed by atoms with Crippen LogP contribution in [0.4, 0.5) is 0 Å². The van der Waals surface area contributed by atoms with Gasteiger partial charge >= 0.3 is 23.9 Å². The van der Waals surface area contributed by atoms with E-state index in [1.807, 2.05) is 0 Å². The number of carbonyl (C=O) groups is 4. The average Bonchev–Trinajstić information content (AvgIpc) is 3.00. The lowest BCUT2D eigenvalue weighted by Crippen LogP contribution is -2.63. The molecule has 6 atom stereocenters. The second-order valence-electron chi connectivity index (χ2n) is 9.83. The maximum absolute atomic E-state index is 12.2. The second-order valence-corrected chi connectivity index (χ2v) is 9.83. The fraction of sp³-hybridized carbons (Fsp3) is 0.400. The number of methoxy groups -OCH3 is 3. The summed E-state index contributed by atoms with van der Waals surface area (Å²) in [6.45, 7) is 3.06. The lowest BCUT2D eigenvalue weighted by molar-refractivity contribution is -0.433. The van der Waals surface area contributed by atoms with Crippen molar-refractivity contribution < 1.29 is 77.1 Å². The maximum atomic E-state index is 12.2. The minimum atomic E-state index is -1.95. The highest BCUT2D eigenvalue weighted by Crippen LogP contribution is 2.51. The summed E-state index contributed by atoms with van der Waals surface area (Å²) in [6.07, 6.45) is -8.65. The number of esters is 3. The van der Waals surface area contributed by atoms with E-state index in [0.29, 0.717) is 11.3 Å². The summed E-state index contributed by atoms with van der Waals surface area (Å²) >= 11 is 0. The van der Waals surface area contributed by atoms with Gasteiger partial charge in [-0.3, -0.25) is 14.4 Å². The molecule has 2 heterocycles. The van der Waals surface area contributed by atoms with Gasteiger partial charge in [0.25, 0.3) is 0 Å². The molecule has 4 rings (SSSR count). The second kappa shape index (κ2) is 14.4. The monoisotopic (exact) mass is 648 g/mol. The molecule has 2 N–H and O–H groups in total. The van der Waals surface area contributed by atoms with Crippen LogP contribution in [0.15, 0.2) is 36.4 Å². The van der Waals surface area contributed by atoms with Gasteiger partial charge in [0.2, 0.25) is 12.0 Å². The summed E-state index contributed by atoms with van der Waals surface area (Å²) in [5, 5.41) is 20.5. The van der Waals surface area contributed by atoms with E-state index in [9.17, 15) is 29.4 Å². The van der Waals surface area contributed by atoms with Crippen LogP contribution in [0.2, 0.25) is 0 Å². The molecule has 1 saturated heterocycles. The van der Waals surface area contributed by atoms with E-state index >= 15 is 0 Å². The number of ether oxygens (including phenoxy) is 8. The largest absolute Gasteiger partial charge is 0.504 e. The van der Waals surface area contributed by atoms with Crippen molar-refractivity contribution in [2.45, 2.75) is 57.6 Å². The highest BCUT2D eigenvalue weighted by molar-refractivity contribution is 5.76. The van der Waals surface area contributed by atoms with Crippen molar-refractivity contribution >= 4 is 29.6 Å². The standard InChI is InChI=1S/C30H32O16/c1-13(31)40-25-26(41-14(2)32)28(42-15(3)33)30(44-27(25)29(35)36)46-45-21-12-19(16-7-9-17(37-4)10-8-16)43-20-11-18(34)23(38-5)24(39-6)22(20)21/h7-12,21,25-28,30,34H,1-6H3,(H,35,36)/t21?,25-,26-,27-,28+,30?/m0/s1. The van der Waals surface area contributed by atoms with Gasteiger partial charge in [0.1, 0.15) is 23.4 Å². The molecule has 2 aliphatic heterocycles. The van der Waals surface area contributed by atoms with E-state index in [4.69, 9.17) is 47.7 Å². The topological polar surface area (TPSA) is 201 Å². The van der Waals surface area contributed by atoms with Crippen molar-refractivity contribution in [2.75, 3.05) is 21.3 Å². The van der Waals surface area contributed by atoms with Gasteiger partial charge in [0, 0.05) is 32.4 Å². The first-order chi connectivity index (χ1) is 21.9. The summed E-state index contributed by atoms with van der Waals surface area (Å²) in [6, 6.07) is 8.04. The zero-order valence-corrected chi connectivity index (χ0v) is 25.5. The maximum Gasteiger partial charge on any atom is 0.337 e. The van der Waals surface area contributed by atoms with Crippen LogP contribution < -0.4 is 18.9 Å². The Kier molecular flexibility index (Phi) is 10.6. The quantitative estimate of drug-likeness (QED) is 0.156. The third kappa shape index (κ3) is 7.25. The van der Waals surface area contributed by atoms with Crippen molar-refractivity contribution in [3.63, 3.8) is 0 Å². The Morgan fingerprint density at radius 3 is 1.89 bits per heavy atom. The Labute approximate surface area is 262 Å². The van der Waals surface area contributed by atoms with Gasteiger partial charge in [-0.15, -0.1) is 0 Å². The van der Waals surface area contributed by atoms with E-state index in [1.165, 1.54) is 33.5 Å². The van der Waals surface area contributed by atoms with Gasteiger partial charge in [-0.05, 0) is 30.3 Å². The minimum absolute atomic E-state index is 0.00773. The number of benzene rings is 2. The van der Waals surface area contributed by atoms with Crippen molar-refractivity contribution in [3.8, 4) is 28.7 Å². The predicted molar refractivity (Wildman–Crippen MR) is 151 cm³/mol. The van der Waals surface area contributed by atoms with Gasteiger partial charge in [-0.2, -0.15) is 4.89 Å². The van der Waals surface area contributed by atoms with Crippen LogP contribution in [0.5, 0.6) is 28.7 Å². The summed E-state index contributed by atoms with van der Waals surface area (Å²) in [7, 11) is 4.13.